The number of allylic oxidation sites excluding steroid dienone is 2. The lowest BCUT2D eigenvalue weighted by Gasteiger charge is -2.17. The average Bonchev–Trinajstić information content (AvgIpc) is 3.43. The zero-order chi connectivity index (χ0) is 29.6. The lowest BCUT2D eigenvalue weighted by Crippen LogP contribution is -2.35. The van der Waals surface area contributed by atoms with Crippen molar-refractivity contribution >= 4 is 35.1 Å². The fraction of sp³-hybridized carbons (Fsp3) is 0.353. The van der Waals surface area contributed by atoms with Gasteiger partial charge in [-0.05, 0) is 74.6 Å². The highest BCUT2D eigenvalue weighted by atomic mass is 32.1. The summed E-state index contributed by atoms with van der Waals surface area (Å²) in [5.41, 5.74) is 4.11. The highest BCUT2D eigenvalue weighted by Gasteiger charge is 2.22. The van der Waals surface area contributed by atoms with Crippen LogP contribution in [0.5, 0.6) is 5.75 Å². The lowest BCUT2D eigenvalue weighted by molar-refractivity contribution is -0.138. The van der Waals surface area contributed by atoms with Crippen LogP contribution in [0.15, 0.2) is 77.2 Å². The standard InChI is InChI=1S/C33H38N2O5S.CH4/c1-5-7-13-30(36)31(37)35-29(20-25-14-16-28(17-15-25)40-21-26-11-9-8-10-12-26)32-34-27(22-41-32)19-23(3)18-24(4)33(38)39-6-2;/h8-12,14-19,22,29H,5-7,13,20-21H2,1-4H3,(H,35,37);1H4/b23-19+,24-18-;/t29-;/m0./s1. The van der Waals surface area contributed by atoms with Crippen LogP contribution in [-0.2, 0) is 32.1 Å². The summed E-state index contributed by atoms with van der Waals surface area (Å²) in [6.45, 7) is 8.14. The van der Waals surface area contributed by atoms with Gasteiger partial charge in [-0.25, -0.2) is 9.78 Å². The molecule has 42 heavy (non-hydrogen) atoms. The molecule has 0 bridgehead atoms. The molecular formula is C34H42N2O5S. The van der Waals surface area contributed by atoms with Gasteiger partial charge in [-0.3, -0.25) is 9.59 Å². The first-order valence-electron chi connectivity index (χ1n) is 13.9. The zero-order valence-electron chi connectivity index (χ0n) is 24.1. The molecule has 0 aliphatic heterocycles. The summed E-state index contributed by atoms with van der Waals surface area (Å²) in [5, 5.41) is 5.50. The number of rotatable bonds is 15. The third kappa shape index (κ3) is 11.1. The Bertz CT molecular complexity index is 1360. The highest BCUT2D eigenvalue weighted by molar-refractivity contribution is 7.09. The van der Waals surface area contributed by atoms with Crippen molar-refractivity contribution in [2.45, 2.75) is 73.5 Å². The highest BCUT2D eigenvalue weighted by Crippen LogP contribution is 2.25. The maximum Gasteiger partial charge on any atom is 0.333 e. The van der Waals surface area contributed by atoms with Crippen LogP contribution in [0.1, 0.15) is 82.3 Å². The number of hydrogen-bond donors (Lipinski definition) is 1. The number of benzene rings is 2. The zero-order valence-corrected chi connectivity index (χ0v) is 25.0. The molecule has 0 fully saturated rings. The van der Waals surface area contributed by atoms with Crippen molar-refractivity contribution in [3.8, 4) is 5.75 Å². The SMILES string of the molecule is C.CCCCC(=O)C(=O)N[C@@H](Cc1ccc(OCc2ccccc2)cc1)c1nc(/C=C(C)/C=C(/C)C(=O)OCC)cs1. The van der Waals surface area contributed by atoms with E-state index in [0.29, 0.717) is 42.3 Å². The summed E-state index contributed by atoms with van der Waals surface area (Å²) < 4.78 is 10.9. The number of carbonyl (C=O) groups excluding carboxylic acids is 3. The van der Waals surface area contributed by atoms with Crippen molar-refractivity contribution in [3.05, 3.63) is 99.0 Å². The first kappa shape index (κ1) is 34.2. The minimum atomic E-state index is -0.595. The topological polar surface area (TPSA) is 94.6 Å². The number of carbonyl (C=O) groups is 3. The van der Waals surface area contributed by atoms with Crippen LogP contribution in [-0.4, -0.2) is 29.3 Å². The van der Waals surface area contributed by atoms with Crippen molar-refractivity contribution in [3.63, 3.8) is 0 Å². The van der Waals surface area contributed by atoms with Crippen LogP contribution in [0.2, 0.25) is 0 Å². The number of nitrogens with zero attached hydrogens (tertiary/aromatic N) is 1. The molecule has 1 heterocycles. The van der Waals surface area contributed by atoms with Gasteiger partial charge < -0.3 is 14.8 Å². The summed E-state index contributed by atoms with van der Waals surface area (Å²) in [6.07, 6.45) is 5.82. The molecule has 1 N–H and O–H groups in total. The van der Waals surface area contributed by atoms with Gasteiger partial charge in [0.05, 0.1) is 18.3 Å². The first-order chi connectivity index (χ1) is 19.8. The molecule has 224 valence electrons. The predicted molar refractivity (Wildman–Crippen MR) is 169 cm³/mol. The van der Waals surface area contributed by atoms with Gasteiger partial charge in [0, 0.05) is 17.4 Å². The Balaban J connectivity index is 0.00000616. The van der Waals surface area contributed by atoms with Crippen molar-refractivity contribution < 1.29 is 23.9 Å². The molecule has 0 spiro atoms. The smallest absolute Gasteiger partial charge is 0.333 e. The third-order valence-corrected chi connectivity index (χ3v) is 7.16. The molecular weight excluding hydrogens is 548 g/mol. The summed E-state index contributed by atoms with van der Waals surface area (Å²) >= 11 is 1.41. The normalized spacial score (nSPS) is 12.2. The second kappa shape index (κ2) is 17.7. The van der Waals surface area contributed by atoms with Gasteiger partial charge in [-0.1, -0.05) is 63.2 Å². The number of amides is 1. The Hall–Kier alpha value is -4.04. The Morgan fingerprint density at radius 2 is 1.71 bits per heavy atom. The number of thiazole rings is 1. The Morgan fingerprint density at radius 3 is 2.38 bits per heavy atom. The summed E-state index contributed by atoms with van der Waals surface area (Å²) in [6, 6.07) is 17.2. The molecule has 0 aliphatic carbocycles. The summed E-state index contributed by atoms with van der Waals surface area (Å²) in [5.74, 6) is -0.626. The molecule has 0 saturated carbocycles. The largest absolute Gasteiger partial charge is 0.489 e. The molecule has 0 radical (unpaired) electrons. The average molecular weight is 591 g/mol. The van der Waals surface area contributed by atoms with Crippen molar-refractivity contribution in [1.82, 2.24) is 10.3 Å². The lowest BCUT2D eigenvalue weighted by atomic mass is 10.1. The van der Waals surface area contributed by atoms with E-state index in [4.69, 9.17) is 14.5 Å². The van der Waals surface area contributed by atoms with Crippen molar-refractivity contribution in [2.24, 2.45) is 0 Å². The molecule has 1 atom stereocenters. The van der Waals surface area contributed by atoms with Crippen molar-refractivity contribution in [1.29, 1.82) is 0 Å². The van der Waals surface area contributed by atoms with Crippen LogP contribution in [0, 0.1) is 0 Å². The molecule has 0 aliphatic rings. The number of nitrogens with one attached hydrogen (secondary N) is 1. The van der Waals surface area contributed by atoms with Crippen LogP contribution in [0.3, 0.4) is 0 Å². The number of Topliss-reactive ketones (excluding diaryl/α,β-unsaturated/α-hetero) is 1. The summed E-state index contributed by atoms with van der Waals surface area (Å²) in [7, 11) is 0. The molecule has 8 heteroatoms. The predicted octanol–water partition coefficient (Wildman–Crippen LogP) is 7.43. The van der Waals surface area contributed by atoms with E-state index >= 15 is 0 Å². The molecule has 7 nitrogen and oxygen atoms in total. The van der Waals surface area contributed by atoms with E-state index < -0.39 is 17.7 Å². The van der Waals surface area contributed by atoms with E-state index in [2.05, 4.69) is 5.32 Å². The van der Waals surface area contributed by atoms with Gasteiger partial charge in [0.15, 0.2) is 0 Å². The molecule has 0 unspecified atom stereocenters. The van der Waals surface area contributed by atoms with Gasteiger partial charge in [0.25, 0.3) is 5.91 Å². The minimum Gasteiger partial charge on any atom is -0.489 e. The maximum absolute atomic E-state index is 12.8. The first-order valence-corrected chi connectivity index (χ1v) is 14.8. The quantitative estimate of drug-likeness (QED) is 0.0856. The van der Waals surface area contributed by atoms with E-state index in [0.717, 1.165) is 28.9 Å². The van der Waals surface area contributed by atoms with E-state index in [1.165, 1.54) is 11.3 Å². The second-order valence-electron chi connectivity index (χ2n) is 9.72. The van der Waals surface area contributed by atoms with Gasteiger partial charge in [0.1, 0.15) is 17.4 Å². The number of ether oxygens (including phenoxy) is 2. The van der Waals surface area contributed by atoms with Gasteiger partial charge in [-0.2, -0.15) is 0 Å². The maximum atomic E-state index is 12.8. The molecule has 1 aromatic heterocycles. The van der Waals surface area contributed by atoms with Crippen LogP contribution < -0.4 is 10.1 Å². The van der Waals surface area contributed by atoms with Crippen LogP contribution in [0.25, 0.3) is 6.08 Å². The Morgan fingerprint density at radius 1 is 1.00 bits per heavy atom. The third-order valence-electron chi connectivity index (χ3n) is 6.18. The van der Waals surface area contributed by atoms with E-state index in [9.17, 15) is 14.4 Å². The van der Waals surface area contributed by atoms with Crippen LogP contribution in [0.4, 0.5) is 0 Å². The second-order valence-corrected chi connectivity index (χ2v) is 10.6. The number of unbranched alkanes of at least 4 members (excludes halogenated alkanes) is 1. The van der Waals surface area contributed by atoms with Gasteiger partial charge in [0.2, 0.25) is 5.78 Å². The van der Waals surface area contributed by atoms with E-state index in [1.807, 2.05) is 79.9 Å². The van der Waals surface area contributed by atoms with Crippen LogP contribution >= 0.6 is 11.3 Å². The number of ketones is 1. The van der Waals surface area contributed by atoms with E-state index in [1.54, 1.807) is 19.9 Å². The molecule has 3 rings (SSSR count). The molecule has 0 saturated heterocycles. The monoisotopic (exact) mass is 590 g/mol. The summed E-state index contributed by atoms with van der Waals surface area (Å²) in [4.78, 5) is 41.8. The van der Waals surface area contributed by atoms with E-state index in [-0.39, 0.29) is 19.8 Å². The fourth-order valence-electron chi connectivity index (χ4n) is 4.04. The number of aromatic nitrogens is 1. The Labute approximate surface area is 253 Å². The number of esters is 1. The number of hydrogen-bond acceptors (Lipinski definition) is 7. The molecule has 2 aromatic carbocycles. The minimum absolute atomic E-state index is 0. The van der Waals surface area contributed by atoms with Crippen molar-refractivity contribution in [2.75, 3.05) is 6.61 Å². The Kier molecular flexibility index (Phi) is 14.4. The van der Waals surface area contributed by atoms with Gasteiger partial charge >= 0.3 is 5.97 Å². The fourth-order valence-corrected chi connectivity index (χ4v) is 4.86. The molecule has 1 amide bonds. The van der Waals surface area contributed by atoms with Gasteiger partial charge in [-0.15, -0.1) is 11.3 Å². The molecule has 3 aromatic rings.